The summed E-state index contributed by atoms with van der Waals surface area (Å²) in [4.78, 5) is 18.8. The van der Waals surface area contributed by atoms with E-state index in [1.165, 1.54) is 0 Å². The molecule has 1 saturated heterocycles. The van der Waals surface area contributed by atoms with Crippen LogP contribution in [0.4, 0.5) is 0 Å². The monoisotopic (exact) mass is 269 g/mol. The second kappa shape index (κ2) is 5.21. The fourth-order valence-electron chi connectivity index (χ4n) is 2.84. The van der Waals surface area contributed by atoms with Crippen molar-refractivity contribution in [3.8, 4) is 0 Å². The molecule has 1 aromatic carbocycles. The fourth-order valence-corrected chi connectivity index (χ4v) is 2.84. The van der Waals surface area contributed by atoms with Crippen molar-refractivity contribution in [1.29, 1.82) is 0 Å². The van der Waals surface area contributed by atoms with Crippen molar-refractivity contribution < 1.29 is 4.79 Å². The van der Waals surface area contributed by atoms with Crippen LogP contribution in [0.15, 0.2) is 36.5 Å². The smallest absolute Gasteiger partial charge is 0.273 e. The molecule has 1 aliphatic heterocycles. The lowest BCUT2D eigenvalue weighted by molar-refractivity contribution is 0.0782. The summed E-state index contributed by atoms with van der Waals surface area (Å²) in [7, 11) is 0. The number of nitrogens with two attached hydrogens (primary N) is 1. The first-order chi connectivity index (χ1) is 9.66. The van der Waals surface area contributed by atoms with Gasteiger partial charge in [-0.3, -0.25) is 9.78 Å². The molecule has 2 N–H and O–H groups in total. The lowest BCUT2D eigenvalue weighted by Gasteiger charge is -2.18. The Morgan fingerprint density at radius 3 is 2.95 bits per heavy atom. The van der Waals surface area contributed by atoms with Crippen LogP contribution >= 0.6 is 0 Å². The molecule has 0 spiro atoms. The summed E-state index contributed by atoms with van der Waals surface area (Å²) >= 11 is 0. The molecule has 4 nitrogen and oxygen atoms in total. The normalized spacial score (nSPS) is 20.3. The number of carbonyl (C=O) groups excluding carboxylic acids is 1. The fraction of sp³-hybridized carbons (Fsp3) is 0.375. The Labute approximate surface area is 118 Å². The van der Waals surface area contributed by atoms with E-state index in [9.17, 15) is 4.79 Å². The van der Waals surface area contributed by atoms with Crippen LogP contribution in [0.3, 0.4) is 0 Å². The molecule has 20 heavy (non-hydrogen) atoms. The Bertz CT molecular complexity index is 633. The van der Waals surface area contributed by atoms with Crippen LogP contribution < -0.4 is 5.73 Å². The largest absolute Gasteiger partial charge is 0.337 e. The topological polar surface area (TPSA) is 59.2 Å². The van der Waals surface area contributed by atoms with E-state index in [2.05, 4.69) is 4.98 Å². The number of nitrogens with zero attached hydrogens (tertiary/aromatic N) is 2. The van der Waals surface area contributed by atoms with Gasteiger partial charge in [-0.25, -0.2) is 0 Å². The Morgan fingerprint density at radius 2 is 2.20 bits per heavy atom. The van der Waals surface area contributed by atoms with Crippen molar-refractivity contribution in [1.82, 2.24) is 9.88 Å². The molecule has 1 amide bonds. The lowest BCUT2D eigenvalue weighted by atomic mass is 10.0. The predicted octanol–water partition coefficient (Wildman–Crippen LogP) is 2.04. The third kappa shape index (κ3) is 2.27. The minimum Gasteiger partial charge on any atom is -0.337 e. The summed E-state index contributed by atoms with van der Waals surface area (Å²) < 4.78 is 0. The summed E-state index contributed by atoms with van der Waals surface area (Å²) in [6.45, 7) is 3.52. The highest BCUT2D eigenvalue weighted by Crippen LogP contribution is 2.23. The molecule has 4 heteroatoms. The van der Waals surface area contributed by atoms with Crippen molar-refractivity contribution in [2.45, 2.75) is 19.4 Å². The van der Waals surface area contributed by atoms with Gasteiger partial charge in [0, 0.05) is 30.7 Å². The Morgan fingerprint density at radius 1 is 1.40 bits per heavy atom. The van der Waals surface area contributed by atoms with Crippen LogP contribution in [0.2, 0.25) is 0 Å². The van der Waals surface area contributed by atoms with Gasteiger partial charge in [0.1, 0.15) is 5.69 Å². The summed E-state index contributed by atoms with van der Waals surface area (Å²) in [6, 6.07) is 9.93. The number of amides is 1. The quantitative estimate of drug-likeness (QED) is 0.907. The van der Waals surface area contributed by atoms with Crippen LogP contribution in [0.25, 0.3) is 10.8 Å². The van der Waals surface area contributed by atoms with E-state index in [0.29, 0.717) is 11.6 Å². The number of hydrogen-bond acceptors (Lipinski definition) is 3. The molecule has 0 saturated carbocycles. The highest BCUT2D eigenvalue weighted by atomic mass is 16.2. The molecule has 1 fully saturated rings. The SMILES string of the molecule is CC(N)C1CCN(C(=O)c2nccc3ccccc23)C1. The first kappa shape index (κ1) is 13.1. The third-order valence-corrected chi connectivity index (χ3v) is 4.13. The summed E-state index contributed by atoms with van der Waals surface area (Å²) in [5, 5.41) is 1.97. The summed E-state index contributed by atoms with van der Waals surface area (Å²) in [6.07, 6.45) is 2.68. The maximum atomic E-state index is 12.7. The van der Waals surface area contributed by atoms with E-state index in [4.69, 9.17) is 5.73 Å². The first-order valence-electron chi connectivity index (χ1n) is 7.05. The predicted molar refractivity (Wildman–Crippen MR) is 79.4 cm³/mol. The number of hydrogen-bond donors (Lipinski definition) is 1. The Hall–Kier alpha value is -1.94. The second-order valence-corrected chi connectivity index (χ2v) is 5.54. The molecular formula is C16H19N3O. The standard InChI is InChI=1S/C16H19N3O/c1-11(17)13-7-9-19(10-13)16(20)15-14-5-3-2-4-12(14)6-8-18-15/h2-6,8,11,13H,7,9-10,17H2,1H3. The maximum Gasteiger partial charge on any atom is 0.273 e. The van der Waals surface area contributed by atoms with Gasteiger partial charge in [-0.05, 0) is 30.7 Å². The number of likely N-dealkylation sites (tertiary alicyclic amines) is 1. The zero-order chi connectivity index (χ0) is 14.1. The number of carbonyl (C=O) groups is 1. The second-order valence-electron chi connectivity index (χ2n) is 5.54. The minimum absolute atomic E-state index is 0.0185. The van der Waals surface area contributed by atoms with Crippen molar-refractivity contribution >= 4 is 16.7 Å². The van der Waals surface area contributed by atoms with Gasteiger partial charge in [-0.15, -0.1) is 0 Å². The van der Waals surface area contributed by atoms with Crippen LogP contribution in [-0.4, -0.2) is 34.9 Å². The Kier molecular flexibility index (Phi) is 3.40. The molecule has 1 aromatic heterocycles. The van der Waals surface area contributed by atoms with Gasteiger partial charge in [0.15, 0.2) is 0 Å². The molecule has 3 rings (SSSR count). The lowest BCUT2D eigenvalue weighted by Crippen LogP contribution is -2.33. The maximum absolute atomic E-state index is 12.7. The van der Waals surface area contributed by atoms with E-state index in [1.54, 1.807) is 6.20 Å². The van der Waals surface area contributed by atoms with Gasteiger partial charge in [-0.2, -0.15) is 0 Å². The molecule has 104 valence electrons. The molecule has 0 aliphatic carbocycles. The van der Waals surface area contributed by atoms with Gasteiger partial charge < -0.3 is 10.6 Å². The summed E-state index contributed by atoms with van der Waals surface area (Å²) in [5.41, 5.74) is 6.49. The molecule has 0 radical (unpaired) electrons. The highest BCUT2D eigenvalue weighted by Gasteiger charge is 2.30. The van der Waals surface area contributed by atoms with E-state index < -0.39 is 0 Å². The van der Waals surface area contributed by atoms with E-state index in [-0.39, 0.29) is 11.9 Å². The number of aromatic nitrogens is 1. The van der Waals surface area contributed by atoms with E-state index >= 15 is 0 Å². The van der Waals surface area contributed by atoms with Gasteiger partial charge in [-0.1, -0.05) is 24.3 Å². The van der Waals surface area contributed by atoms with Crippen molar-refractivity contribution in [3.05, 3.63) is 42.2 Å². The molecule has 0 bridgehead atoms. The zero-order valence-electron chi connectivity index (χ0n) is 11.6. The molecule has 1 aliphatic rings. The number of pyridine rings is 1. The van der Waals surface area contributed by atoms with Gasteiger partial charge in [0.2, 0.25) is 0 Å². The van der Waals surface area contributed by atoms with E-state index in [1.807, 2.05) is 42.2 Å². The van der Waals surface area contributed by atoms with Crippen molar-refractivity contribution in [2.75, 3.05) is 13.1 Å². The first-order valence-corrected chi connectivity index (χ1v) is 7.05. The number of benzene rings is 1. The molecule has 2 unspecified atom stereocenters. The van der Waals surface area contributed by atoms with Crippen LogP contribution in [-0.2, 0) is 0 Å². The van der Waals surface area contributed by atoms with Gasteiger partial charge in [0.05, 0.1) is 0 Å². The Balaban J connectivity index is 1.90. The van der Waals surface area contributed by atoms with Crippen LogP contribution in [0.1, 0.15) is 23.8 Å². The van der Waals surface area contributed by atoms with Crippen molar-refractivity contribution in [3.63, 3.8) is 0 Å². The molecule has 2 heterocycles. The van der Waals surface area contributed by atoms with E-state index in [0.717, 1.165) is 30.3 Å². The average molecular weight is 269 g/mol. The molecular weight excluding hydrogens is 250 g/mol. The van der Waals surface area contributed by atoms with Gasteiger partial charge in [0.25, 0.3) is 5.91 Å². The molecule has 2 atom stereocenters. The van der Waals surface area contributed by atoms with Crippen LogP contribution in [0, 0.1) is 5.92 Å². The number of rotatable bonds is 2. The minimum atomic E-state index is 0.0185. The van der Waals surface area contributed by atoms with Gasteiger partial charge >= 0.3 is 0 Å². The third-order valence-electron chi connectivity index (χ3n) is 4.13. The molecule has 2 aromatic rings. The van der Waals surface area contributed by atoms with Crippen LogP contribution in [0.5, 0.6) is 0 Å². The van der Waals surface area contributed by atoms with Crippen molar-refractivity contribution in [2.24, 2.45) is 11.7 Å². The zero-order valence-corrected chi connectivity index (χ0v) is 11.6. The average Bonchev–Trinajstić information content (AvgIpc) is 2.96. The summed E-state index contributed by atoms with van der Waals surface area (Å²) in [5.74, 6) is 0.416. The highest BCUT2D eigenvalue weighted by molar-refractivity contribution is 6.05. The number of fused-ring (bicyclic) bond motifs is 1.